The average molecular weight is 265 g/mol. The van der Waals surface area contributed by atoms with Gasteiger partial charge in [-0.25, -0.2) is 4.79 Å². The number of nitrogens with one attached hydrogen (secondary N) is 1. The Labute approximate surface area is 112 Å². The molecule has 5 nitrogen and oxygen atoms in total. The lowest BCUT2D eigenvalue weighted by atomic mass is 9.88. The van der Waals surface area contributed by atoms with Gasteiger partial charge in [0.2, 0.25) is 0 Å². The van der Waals surface area contributed by atoms with E-state index in [1.807, 2.05) is 30.3 Å². The van der Waals surface area contributed by atoms with Gasteiger partial charge in [0.15, 0.2) is 0 Å². The van der Waals surface area contributed by atoms with Crippen LogP contribution in [0.15, 0.2) is 30.3 Å². The molecule has 1 fully saturated rings. The van der Waals surface area contributed by atoms with E-state index < -0.39 is 6.09 Å². The minimum absolute atomic E-state index is 0.00592. The molecule has 1 atom stereocenters. The second-order valence-electron chi connectivity index (χ2n) is 4.88. The number of benzene rings is 1. The van der Waals surface area contributed by atoms with E-state index in [1.54, 1.807) is 0 Å². The monoisotopic (exact) mass is 265 g/mol. The molecule has 1 unspecified atom stereocenters. The number of alkyl carbamates (subject to hydrolysis) is 1. The van der Waals surface area contributed by atoms with E-state index in [-0.39, 0.29) is 18.6 Å². The van der Waals surface area contributed by atoms with Crippen molar-refractivity contribution >= 4 is 6.09 Å². The van der Waals surface area contributed by atoms with Crippen LogP contribution in [0.2, 0.25) is 0 Å². The Morgan fingerprint density at radius 1 is 1.42 bits per heavy atom. The molecule has 1 aliphatic rings. The number of hydrogen-bond donors (Lipinski definition) is 2. The van der Waals surface area contributed by atoms with Crippen LogP contribution < -0.4 is 5.32 Å². The summed E-state index contributed by atoms with van der Waals surface area (Å²) in [5.74, 6) is 0. The molecular formula is C14H19NO4. The summed E-state index contributed by atoms with van der Waals surface area (Å²) in [6.07, 6.45) is 0.284. The fourth-order valence-corrected chi connectivity index (χ4v) is 2.00. The first-order valence-corrected chi connectivity index (χ1v) is 6.37. The van der Waals surface area contributed by atoms with E-state index in [1.165, 1.54) is 0 Å². The summed E-state index contributed by atoms with van der Waals surface area (Å²) >= 11 is 0. The number of aliphatic hydroxyl groups is 1. The number of hydrogen-bond acceptors (Lipinski definition) is 4. The third-order valence-corrected chi connectivity index (χ3v) is 3.34. The molecule has 0 saturated carbocycles. The maximum Gasteiger partial charge on any atom is 0.407 e. The van der Waals surface area contributed by atoms with E-state index in [0.29, 0.717) is 19.8 Å². The van der Waals surface area contributed by atoms with E-state index in [2.05, 4.69) is 5.32 Å². The molecule has 1 aliphatic heterocycles. The van der Waals surface area contributed by atoms with Gasteiger partial charge in [-0.05, 0) is 12.0 Å². The van der Waals surface area contributed by atoms with Crippen molar-refractivity contribution in [2.45, 2.75) is 13.0 Å². The highest BCUT2D eigenvalue weighted by molar-refractivity contribution is 5.67. The van der Waals surface area contributed by atoms with E-state index in [0.717, 1.165) is 12.0 Å². The Bertz CT molecular complexity index is 401. The van der Waals surface area contributed by atoms with Crippen molar-refractivity contribution in [3.05, 3.63) is 35.9 Å². The Balaban J connectivity index is 1.72. The first kappa shape index (κ1) is 13.8. The highest BCUT2D eigenvalue weighted by atomic mass is 16.5. The zero-order valence-corrected chi connectivity index (χ0v) is 10.8. The zero-order chi connectivity index (χ0) is 13.6. The van der Waals surface area contributed by atoms with E-state index in [4.69, 9.17) is 9.47 Å². The molecule has 19 heavy (non-hydrogen) atoms. The number of amides is 1. The lowest BCUT2D eigenvalue weighted by Gasteiger charge is -2.24. The second kappa shape index (κ2) is 6.54. The van der Waals surface area contributed by atoms with Crippen LogP contribution in [-0.2, 0) is 16.1 Å². The summed E-state index contributed by atoms with van der Waals surface area (Å²) in [4.78, 5) is 11.6. The van der Waals surface area contributed by atoms with Crippen LogP contribution in [0.3, 0.4) is 0 Å². The molecule has 0 aromatic heterocycles. The number of rotatable bonds is 5. The molecule has 0 radical (unpaired) electrons. The van der Waals surface area contributed by atoms with Crippen molar-refractivity contribution in [2.75, 3.05) is 26.4 Å². The van der Waals surface area contributed by atoms with Gasteiger partial charge in [-0.1, -0.05) is 30.3 Å². The first-order chi connectivity index (χ1) is 9.24. The molecular weight excluding hydrogens is 246 g/mol. The summed E-state index contributed by atoms with van der Waals surface area (Å²) in [5.41, 5.74) is 0.588. The van der Waals surface area contributed by atoms with Gasteiger partial charge in [-0.2, -0.15) is 0 Å². The highest BCUT2D eigenvalue weighted by Gasteiger charge is 2.34. The quantitative estimate of drug-likeness (QED) is 0.842. The van der Waals surface area contributed by atoms with Gasteiger partial charge in [0.25, 0.3) is 0 Å². The largest absolute Gasteiger partial charge is 0.445 e. The second-order valence-corrected chi connectivity index (χ2v) is 4.88. The zero-order valence-electron chi connectivity index (χ0n) is 10.8. The Morgan fingerprint density at radius 2 is 2.21 bits per heavy atom. The highest BCUT2D eigenvalue weighted by Crippen LogP contribution is 2.26. The van der Waals surface area contributed by atoms with Crippen molar-refractivity contribution < 1.29 is 19.4 Å². The fourth-order valence-electron chi connectivity index (χ4n) is 2.00. The Kier molecular flexibility index (Phi) is 4.76. The molecule has 1 saturated heterocycles. The van der Waals surface area contributed by atoms with Gasteiger partial charge >= 0.3 is 6.09 Å². The molecule has 2 rings (SSSR count). The molecule has 104 valence electrons. The van der Waals surface area contributed by atoms with Crippen molar-refractivity contribution in [1.29, 1.82) is 0 Å². The van der Waals surface area contributed by atoms with Gasteiger partial charge in [0.1, 0.15) is 6.61 Å². The van der Waals surface area contributed by atoms with Crippen LogP contribution in [-0.4, -0.2) is 37.6 Å². The number of carbonyl (C=O) groups is 1. The molecule has 0 bridgehead atoms. The Hall–Kier alpha value is -1.59. The van der Waals surface area contributed by atoms with E-state index in [9.17, 15) is 9.90 Å². The van der Waals surface area contributed by atoms with E-state index >= 15 is 0 Å². The summed E-state index contributed by atoms with van der Waals surface area (Å²) in [6.45, 7) is 1.72. The SMILES string of the molecule is O=C(NCC1(CO)CCOC1)OCc1ccccc1. The van der Waals surface area contributed by atoms with Crippen molar-refractivity contribution in [3.63, 3.8) is 0 Å². The first-order valence-electron chi connectivity index (χ1n) is 6.37. The van der Waals surface area contributed by atoms with Crippen LogP contribution in [0, 0.1) is 5.41 Å². The van der Waals surface area contributed by atoms with Gasteiger partial charge in [-0.3, -0.25) is 0 Å². The summed E-state index contributed by atoms with van der Waals surface area (Å²) in [6, 6.07) is 9.50. The summed E-state index contributed by atoms with van der Waals surface area (Å²) < 4.78 is 10.4. The van der Waals surface area contributed by atoms with Crippen LogP contribution >= 0.6 is 0 Å². The number of aliphatic hydroxyl groups excluding tert-OH is 1. The van der Waals surface area contributed by atoms with Crippen LogP contribution in [0.1, 0.15) is 12.0 Å². The van der Waals surface area contributed by atoms with Crippen molar-refractivity contribution in [2.24, 2.45) is 5.41 Å². The van der Waals surface area contributed by atoms with Gasteiger partial charge in [0, 0.05) is 18.6 Å². The van der Waals surface area contributed by atoms with Gasteiger partial charge in [0.05, 0.1) is 13.2 Å². The normalized spacial score (nSPS) is 22.2. The fraction of sp³-hybridized carbons (Fsp3) is 0.500. The molecule has 1 aromatic rings. The standard InChI is InChI=1S/C14H19NO4/c16-10-14(6-7-18-11-14)9-15-13(17)19-8-12-4-2-1-3-5-12/h1-5,16H,6-11H2,(H,15,17). The Morgan fingerprint density at radius 3 is 2.84 bits per heavy atom. The molecule has 0 spiro atoms. The van der Waals surface area contributed by atoms with Gasteiger partial charge < -0.3 is 19.9 Å². The molecule has 5 heteroatoms. The predicted molar refractivity (Wildman–Crippen MR) is 69.6 cm³/mol. The third-order valence-electron chi connectivity index (χ3n) is 3.34. The lowest BCUT2D eigenvalue weighted by molar-refractivity contribution is 0.0863. The minimum atomic E-state index is -0.469. The molecule has 2 N–H and O–H groups in total. The summed E-state index contributed by atoms with van der Waals surface area (Å²) in [5, 5.41) is 12.1. The van der Waals surface area contributed by atoms with Crippen molar-refractivity contribution in [3.8, 4) is 0 Å². The van der Waals surface area contributed by atoms with Crippen LogP contribution in [0.25, 0.3) is 0 Å². The lowest BCUT2D eigenvalue weighted by Crippen LogP contribution is -2.40. The molecule has 1 amide bonds. The van der Waals surface area contributed by atoms with Gasteiger partial charge in [-0.15, -0.1) is 0 Å². The topological polar surface area (TPSA) is 67.8 Å². The third kappa shape index (κ3) is 3.94. The molecule has 0 aliphatic carbocycles. The van der Waals surface area contributed by atoms with Crippen LogP contribution in [0.5, 0.6) is 0 Å². The number of ether oxygens (including phenoxy) is 2. The predicted octanol–water partition coefficient (Wildman–Crippen LogP) is 1.31. The van der Waals surface area contributed by atoms with Crippen LogP contribution in [0.4, 0.5) is 4.79 Å². The van der Waals surface area contributed by atoms with Crippen molar-refractivity contribution in [1.82, 2.24) is 5.32 Å². The smallest absolute Gasteiger partial charge is 0.407 e. The summed E-state index contributed by atoms with van der Waals surface area (Å²) in [7, 11) is 0. The molecule has 1 aromatic carbocycles. The minimum Gasteiger partial charge on any atom is -0.445 e. The number of carbonyl (C=O) groups excluding carboxylic acids is 1. The maximum absolute atomic E-state index is 11.6. The molecule has 1 heterocycles. The maximum atomic E-state index is 11.6. The average Bonchev–Trinajstić information content (AvgIpc) is 2.93.